The van der Waals surface area contributed by atoms with Gasteiger partial charge in [-0.25, -0.2) is 4.79 Å². The van der Waals surface area contributed by atoms with Gasteiger partial charge in [-0.2, -0.15) is 0 Å². The maximum absolute atomic E-state index is 11.8. The van der Waals surface area contributed by atoms with Crippen LogP contribution >= 0.6 is 0 Å². The fourth-order valence-electron chi connectivity index (χ4n) is 2.67. The van der Waals surface area contributed by atoms with Crippen LogP contribution in [0.2, 0.25) is 0 Å². The molecule has 2 rings (SSSR count). The average molecular weight is 256 g/mol. The Kier molecular flexibility index (Phi) is 4.06. The molecular formula is C12H20N2O4. The standard InChI is InChI=1S/C12H20N2O4/c1-7-2-3-8(4-7)13-12(17)14-10-6-18-5-9(10)11(15)16/h7-10H,2-6H2,1H3,(H,15,16)(H2,13,14,17). The molecule has 0 aromatic heterocycles. The van der Waals surface area contributed by atoms with Gasteiger partial charge in [0.15, 0.2) is 0 Å². The Morgan fingerprint density at radius 3 is 2.61 bits per heavy atom. The molecule has 0 aromatic rings. The summed E-state index contributed by atoms with van der Waals surface area (Å²) in [4.78, 5) is 22.7. The molecule has 3 N–H and O–H groups in total. The second-order valence-corrected chi connectivity index (χ2v) is 5.32. The minimum absolute atomic E-state index is 0.167. The summed E-state index contributed by atoms with van der Waals surface area (Å²) < 4.78 is 5.10. The number of carboxylic acid groups (broad SMARTS) is 1. The predicted molar refractivity (Wildman–Crippen MR) is 64.2 cm³/mol. The van der Waals surface area contributed by atoms with Crippen molar-refractivity contribution in [3.8, 4) is 0 Å². The van der Waals surface area contributed by atoms with E-state index in [2.05, 4.69) is 17.6 Å². The van der Waals surface area contributed by atoms with Gasteiger partial charge in [0.2, 0.25) is 0 Å². The molecule has 102 valence electrons. The Morgan fingerprint density at radius 2 is 2.00 bits per heavy atom. The minimum atomic E-state index is -0.924. The van der Waals surface area contributed by atoms with Gasteiger partial charge < -0.3 is 20.5 Å². The number of hydrogen-bond acceptors (Lipinski definition) is 3. The summed E-state index contributed by atoms with van der Waals surface area (Å²) >= 11 is 0. The van der Waals surface area contributed by atoms with Gasteiger partial charge in [-0.15, -0.1) is 0 Å². The quantitative estimate of drug-likeness (QED) is 0.689. The van der Waals surface area contributed by atoms with Crippen molar-refractivity contribution >= 4 is 12.0 Å². The third kappa shape index (κ3) is 3.13. The Balaban J connectivity index is 1.78. The zero-order valence-electron chi connectivity index (χ0n) is 10.5. The summed E-state index contributed by atoms with van der Waals surface area (Å²) in [5, 5.41) is 14.6. The first-order chi connectivity index (χ1) is 8.56. The number of amides is 2. The van der Waals surface area contributed by atoms with E-state index in [1.807, 2.05) is 0 Å². The number of aliphatic carboxylic acids is 1. The fraction of sp³-hybridized carbons (Fsp3) is 0.833. The van der Waals surface area contributed by atoms with Gasteiger partial charge in [0.1, 0.15) is 5.92 Å². The van der Waals surface area contributed by atoms with Crippen molar-refractivity contribution in [2.45, 2.75) is 38.3 Å². The van der Waals surface area contributed by atoms with E-state index in [0.717, 1.165) is 19.3 Å². The molecule has 18 heavy (non-hydrogen) atoms. The number of hydrogen-bond donors (Lipinski definition) is 3. The lowest BCUT2D eigenvalue weighted by Gasteiger charge is -2.18. The Morgan fingerprint density at radius 1 is 1.22 bits per heavy atom. The van der Waals surface area contributed by atoms with Gasteiger partial charge in [-0.05, 0) is 25.2 Å². The van der Waals surface area contributed by atoms with Crippen LogP contribution in [0.5, 0.6) is 0 Å². The van der Waals surface area contributed by atoms with E-state index in [1.165, 1.54) is 0 Å². The summed E-state index contributed by atoms with van der Waals surface area (Å²) in [7, 11) is 0. The predicted octanol–water partition coefficient (Wildman–Crippen LogP) is 0.574. The van der Waals surface area contributed by atoms with E-state index >= 15 is 0 Å². The van der Waals surface area contributed by atoms with Crippen molar-refractivity contribution in [1.82, 2.24) is 10.6 Å². The lowest BCUT2D eigenvalue weighted by molar-refractivity contribution is -0.142. The highest BCUT2D eigenvalue weighted by molar-refractivity contribution is 5.77. The van der Waals surface area contributed by atoms with Gasteiger partial charge in [0.25, 0.3) is 0 Å². The first-order valence-electron chi connectivity index (χ1n) is 6.44. The molecule has 2 fully saturated rings. The molecule has 0 spiro atoms. The minimum Gasteiger partial charge on any atom is -0.481 e. The molecule has 2 amide bonds. The zero-order valence-corrected chi connectivity index (χ0v) is 10.5. The summed E-state index contributed by atoms with van der Waals surface area (Å²) in [6.07, 6.45) is 3.13. The highest BCUT2D eigenvalue weighted by Crippen LogP contribution is 2.24. The Hall–Kier alpha value is -1.30. The Bertz CT molecular complexity index is 334. The summed E-state index contributed by atoms with van der Waals surface area (Å²) in [5.41, 5.74) is 0. The van der Waals surface area contributed by atoms with Gasteiger partial charge in [0.05, 0.1) is 19.3 Å². The van der Waals surface area contributed by atoms with Crippen molar-refractivity contribution in [1.29, 1.82) is 0 Å². The number of carboxylic acids is 1. The number of carbonyl (C=O) groups is 2. The van der Waals surface area contributed by atoms with E-state index in [4.69, 9.17) is 9.84 Å². The molecule has 1 aliphatic carbocycles. The highest BCUT2D eigenvalue weighted by atomic mass is 16.5. The smallest absolute Gasteiger partial charge is 0.315 e. The molecule has 1 saturated carbocycles. The van der Waals surface area contributed by atoms with Crippen LogP contribution in [-0.2, 0) is 9.53 Å². The lowest BCUT2D eigenvalue weighted by atomic mass is 10.0. The molecule has 6 heteroatoms. The second kappa shape index (κ2) is 5.56. The normalized spacial score (nSPS) is 35.4. The van der Waals surface area contributed by atoms with Crippen LogP contribution in [0, 0.1) is 11.8 Å². The molecule has 0 radical (unpaired) electrons. The number of nitrogens with one attached hydrogen (secondary N) is 2. The first kappa shape index (κ1) is 13.1. The first-order valence-corrected chi connectivity index (χ1v) is 6.44. The van der Waals surface area contributed by atoms with Crippen molar-refractivity contribution in [3.05, 3.63) is 0 Å². The number of rotatable bonds is 3. The third-order valence-corrected chi connectivity index (χ3v) is 3.74. The number of urea groups is 1. The largest absolute Gasteiger partial charge is 0.481 e. The SMILES string of the molecule is CC1CCC(NC(=O)NC2COCC2C(=O)O)C1. The van der Waals surface area contributed by atoms with E-state index in [-0.39, 0.29) is 25.3 Å². The monoisotopic (exact) mass is 256 g/mol. The van der Waals surface area contributed by atoms with Crippen molar-refractivity contribution in [3.63, 3.8) is 0 Å². The summed E-state index contributed by atoms with van der Waals surface area (Å²) in [6.45, 7) is 2.61. The van der Waals surface area contributed by atoms with E-state index in [0.29, 0.717) is 5.92 Å². The molecule has 0 bridgehead atoms. The van der Waals surface area contributed by atoms with Gasteiger partial charge in [0, 0.05) is 6.04 Å². The van der Waals surface area contributed by atoms with E-state index in [9.17, 15) is 9.59 Å². The fourth-order valence-corrected chi connectivity index (χ4v) is 2.67. The van der Waals surface area contributed by atoms with E-state index < -0.39 is 17.9 Å². The molecule has 4 unspecified atom stereocenters. The van der Waals surface area contributed by atoms with Gasteiger partial charge in [-0.3, -0.25) is 4.79 Å². The van der Waals surface area contributed by atoms with Crippen LogP contribution in [-0.4, -0.2) is 42.4 Å². The van der Waals surface area contributed by atoms with Crippen molar-refractivity contribution < 1.29 is 19.4 Å². The molecule has 1 heterocycles. The Labute approximate surface area is 106 Å². The average Bonchev–Trinajstić information content (AvgIpc) is 2.87. The van der Waals surface area contributed by atoms with Crippen molar-refractivity contribution in [2.24, 2.45) is 11.8 Å². The maximum Gasteiger partial charge on any atom is 0.315 e. The van der Waals surface area contributed by atoms with Crippen LogP contribution in [0.3, 0.4) is 0 Å². The molecule has 1 aliphatic heterocycles. The molecule has 1 saturated heterocycles. The zero-order chi connectivity index (χ0) is 13.1. The number of carbonyl (C=O) groups excluding carboxylic acids is 1. The molecule has 4 atom stereocenters. The van der Waals surface area contributed by atoms with Crippen LogP contribution in [0.1, 0.15) is 26.2 Å². The molecule has 2 aliphatic rings. The van der Waals surface area contributed by atoms with E-state index in [1.54, 1.807) is 0 Å². The lowest BCUT2D eigenvalue weighted by Crippen LogP contribution is -2.49. The van der Waals surface area contributed by atoms with Crippen LogP contribution in [0.15, 0.2) is 0 Å². The molecule has 0 aromatic carbocycles. The second-order valence-electron chi connectivity index (χ2n) is 5.32. The summed E-state index contributed by atoms with van der Waals surface area (Å²) in [6, 6.07) is -0.497. The van der Waals surface area contributed by atoms with Crippen molar-refractivity contribution in [2.75, 3.05) is 13.2 Å². The maximum atomic E-state index is 11.8. The summed E-state index contributed by atoms with van der Waals surface area (Å²) in [5.74, 6) is -0.914. The molecular weight excluding hydrogens is 236 g/mol. The number of ether oxygens (including phenoxy) is 1. The van der Waals surface area contributed by atoms with Crippen LogP contribution < -0.4 is 10.6 Å². The third-order valence-electron chi connectivity index (χ3n) is 3.74. The topological polar surface area (TPSA) is 87.7 Å². The highest BCUT2D eigenvalue weighted by Gasteiger charge is 2.35. The molecule has 6 nitrogen and oxygen atoms in total. The van der Waals surface area contributed by atoms with Crippen LogP contribution in [0.4, 0.5) is 4.79 Å². The van der Waals surface area contributed by atoms with Crippen LogP contribution in [0.25, 0.3) is 0 Å². The van der Waals surface area contributed by atoms with Gasteiger partial charge >= 0.3 is 12.0 Å². The van der Waals surface area contributed by atoms with Gasteiger partial charge in [-0.1, -0.05) is 6.92 Å².